The Morgan fingerprint density at radius 1 is 1.10 bits per heavy atom. The van der Waals surface area contributed by atoms with Crippen molar-refractivity contribution in [2.75, 3.05) is 38.0 Å². The van der Waals surface area contributed by atoms with Crippen LogP contribution >= 0.6 is 10.8 Å². The standard InChI is InChI=1S/C15H26NO3S2/c1-21(2)20-7-3-4-16-5-6-19-15-9-13(11-17)8-14(10-15)12-18/h8-10,16-18H,3-7,11-12H2,1-2H3/q+1. The number of hydrogen-bond donors (Lipinski definition) is 3. The van der Waals surface area contributed by atoms with Gasteiger partial charge in [-0.05, 0) is 36.2 Å². The van der Waals surface area contributed by atoms with E-state index in [-0.39, 0.29) is 13.2 Å². The Kier molecular flexibility index (Phi) is 9.95. The molecule has 0 unspecified atom stereocenters. The van der Waals surface area contributed by atoms with Gasteiger partial charge < -0.3 is 20.3 Å². The van der Waals surface area contributed by atoms with Crippen molar-refractivity contribution in [3.05, 3.63) is 29.3 Å². The van der Waals surface area contributed by atoms with Crippen molar-refractivity contribution in [2.24, 2.45) is 0 Å². The van der Waals surface area contributed by atoms with E-state index in [9.17, 15) is 0 Å². The molecular formula is C15H26NO3S2+. The van der Waals surface area contributed by atoms with E-state index in [1.54, 1.807) is 18.2 Å². The van der Waals surface area contributed by atoms with Crippen molar-refractivity contribution in [1.29, 1.82) is 0 Å². The molecule has 0 saturated heterocycles. The molecule has 0 amide bonds. The van der Waals surface area contributed by atoms with Crippen molar-refractivity contribution in [1.82, 2.24) is 5.32 Å². The molecule has 0 heterocycles. The molecule has 0 aromatic heterocycles. The Bertz CT molecular complexity index is 380. The molecule has 1 aromatic rings. The quantitative estimate of drug-likeness (QED) is 0.326. The predicted octanol–water partition coefficient (Wildman–Crippen LogP) is 1.56. The fourth-order valence-electron chi connectivity index (χ4n) is 1.78. The molecule has 3 N–H and O–H groups in total. The van der Waals surface area contributed by atoms with E-state index < -0.39 is 0 Å². The van der Waals surface area contributed by atoms with Gasteiger partial charge in [-0.25, -0.2) is 0 Å². The monoisotopic (exact) mass is 332 g/mol. The van der Waals surface area contributed by atoms with Gasteiger partial charge in [0.15, 0.2) is 0 Å². The maximum Gasteiger partial charge on any atom is 0.120 e. The molecular weight excluding hydrogens is 306 g/mol. The average Bonchev–Trinajstić information content (AvgIpc) is 2.49. The van der Waals surface area contributed by atoms with Crippen LogP contribution in [0.5, 0.6) is 5.75 Å². The van der Waals surface area contributed by atoms with E-state index in [2.05, 4.69) is 17.8 Å². The summed E-state index contributed by atoms with van der Waals surface area (Å²) in [6.45, 7) is 2.30. The summed E-state index contributed by atoms with van der Waals surface area (Å²) in [4.78, 5) is 0. The van der Waals surface area contributed by atoms with Crippen LogP contribution < -0.4 is 10.1 Å². The highest BCUT2D eigenvalue weighted by molar-refractivity contribution is 8.73. The van der Waals surface area contributed by atoms with E-state index in [4.69, 9.17) is 14.9 Å². The van der Waals surface area contributed by atoms with Gasteiger partial charge in [0.05, 0.1) is 33.9 Å². The molecule has 0 fully saturated rings. The highest BCUT2D eigenvalue weighted by Crippen LogP contribution is 2.17. The number of ether oxygens (including phenoxy) is 1. The molecule has 0 atom stereocenters. The second-order valence-electron chi connectivity index (χ2n) is 4.82. The third-order valence-electron chi connectivity index (χ3n) is 2.76. The number of aliphatic hydroxyl groups is 2. The highest BCUT2D eigenvalue weighted by Gasteiger charge is 2.03. The summed E-state index contributed by atoms with van der Waals surface area (Å²) in [7, 11) is 2.48. The summed E-state index contributed by atoms with van der Waals surface area (Å²) in [5.74, 6) is 1.89. The third kappa shape index (κ3) is 8.58. The van der Waals surface area contributed by atoms with E-state index in [1.807, 2.05) is 10.8 Å². The van der Waals surface area contributed by atoms with Crippen LogP contribution in [-0.4, -0.2) is 48.2 Å². The second kappa shape index (κ2) is 11.2. The van der Waals surface area contributed by atoms with Crippen LogP contribution in [0.2, 0.25) is 0 Å². The Labute approximate surface area is 134 Å². The van der Waals surface area contributed by atoms with Gasteiger partial charge in [-0.3, -0.25) is 0 Å². The first-order valence-electron chi connectivity index (χ1n) is 7.04. The Balaban J connectivity index is 2.17. The lowest BCUT2D eigenvalue weighted by molar-refractivity contribution is 0.271. The van der Waals surface area contributed by atoms with Gasteiger partial charge in [0, 0.05) is 12.3 Å². The van der Waals surface area contributed by atoms with Crippen LogP contribution in [0.4, 0.5) is 0 Å². The first kappa shape index (κ1) is 18.6. The molecule has 1 aromatic carbocycles. The number of benzene rings is 1. The molecule has 0 aliphatic heterocycles. The van der Waals surface area contributed by atoms with E-state index in [1.165, 1.54) is 12.2 Å². The smallest absolute Gasteiger partial charge is 0.120 e. The third-order valence-corrected chi connectivity index (χ3v) is 5.60. The average molecular weight is 333 g/mol. The normalized spacial score (nSPS) is 11.1. The van der Waals surface area contributed by atoms with Crippen molar-refractivity contribution >= 4 is 20.7 Å². The molecule has 0 aliphatic carbocycles. The summed E-state index contributed by atoms with van der Waals surface area (Å²) < 4.78 is 5.65. The first-order valence-corrected chi connectivity index (χ1v) is 10.6. The minimum absolute atomic E-state index is 0.0450. The molecule has 6 heteroatoms. The molecule has 0 radical (unpaired) electrons. The van der Waals surface area contributed by atoms with Gasteiger partial charge in [0.25, 0.3) is 0 Å². The molecule has 1 rings (SSSR count). The number of hydrogen-bond acceptors (Lipinski definition) is 5. The van der Waals surface area contributed by atoms with Crippen LogP contribution in [0.25, 0.3) is 0 Å². The molecule has 0 saturated carbocycles. The maximum absolute atomic E-state index is 9.16. The molecule has 0 spiro atoms. The van der Waals surface area contributed by atoms with E-state index >= 15 is 0 Å². The fraction of sp³-hybridized carbons (Fsp3) is 0.600. The summed E-state index contributed by atoms with van der Waals surface area (Å²) in [6, 6.07) is 5.39. The number of rotatable bonds is 11. The zero-order valence-electron chi connectivity index (χ0n) is 12.8. The van der Waals surface area contributed by atoms with Gasteiger partial charge in [0.2, 0.25) is 0 Å². The summed E-state index contributed by atoms with van der Waals surface area (Å²) in [5, 5.41) is 21.7. The topological polar surface area (TPSA) is 61.7 Å². The molecule has 0 aliphatic rings. The predicted molar refractivity (Wildman–Crippen MR) is 92.9 cm³/mol. The minimum atomic E-state index is -0.0450. The molecule has 0 bridgehead atoms. The van der Waals surface area contributed by atoms with Gasteiger partial charge in [-0.1, -0.05) is 6.07 Å². The van der Waals surface area contributed by atoms with Crippen LogP contribution in [0.1, 0.15) is 17.5 Å². The maximum atomic E-state index is 9.16. The lowest BCUT2D eigenvalue weighted by atomic mass is 10.1. The Morgan fingerprint density at radius 2 is 1.76 bits per heavy atom. The highest BCUT2D eigenvalue weighted by atomic mass is 33.1. The zero-order chi connectivity index (χ0) is 15.5. The zero-order valence-corrected chi connectivity index (χ0v) is 14.4. The lowest BCUT2D eigenvalue weighted by Crippen LogP contribution is -2.22. The van der Waals surface area contributed by atoms with Crippen molar-refractivity contribution in [2.45, 2.75) is 19.6 Å². The van der Waals surface area contributed by atoms with Crippen LogP contribution in [0.15, 0.2) is 18.2 Å². The molecule has 4 nitrogen and oxygen atoms in total. The molecule has 21 heavy (non-hydrogen) atoms. The van der Waals surface area contributed by atoms with Crippen molar-refractivity contribution in [3.63, 3.8) is 0 Å². The SMILES string of the molecule is C[S+](C)SCCCNCCOc1cc(CO)cc(CO)c1. The van der Waals surface area contributed by atoms with Gasteiger partial charge in [0.1, 0.15) is 24.9 Å². The van der Waals surface area contributed by atoms with Crippen molar-refractivity contribution in [3.8, 4) is 5.75 Å². The minimum Gasteiger partial charge on any atom is -0.492 e. The Morgan fingerprint density at radius 3 is 2.33 bits per heavy atom. The number of nitrogens with one attached hydrogen (secondary N) is 1. The van der Waals surface area contributed by atoms with Gasteiger partial charge in [-0.2, -0.15) is 0 Å². The lowest BCUT2D eigenvalue weighted by Gasteiger charge is -2.10. The van der Waals surface area contributed by atoms with Gasteiger partial charge in [-0.15, -0.1) is 0 Å². The van der Waals surface area contributed by atoms with E-state index in [0.29, 0.717) is 22.3 Å². The van der Waals surface area contributed by atoms with E-state index in [0.717, 1.165) is 24.2 Å². The Hall–Kier alpha value is -0.400. The van der Waals surface area contributed by atoms with Crippen LogP contribution in [-0.2, 0) is 23.1 Å². The van der Waals surface area contributed by atoms with Crippen LogP contribution in [0, 0.1) is 0 Å². The largest absolute Gasteiger partial charge is 0.492 e. The molecule has 120 valence electrons. The summed E-state index contributed by atoms with van der Waals surface area (Å²) in [6.07, 6.45) is 5.66. The van der Waals surface area contributed by atoms with Crippen LogP contribution in [0.3, 0.4) is 0 Å². The van der Waals surface area contributed by atoms with Crippen molar-refractivity contribution < 1.29 is 14.9 Å². The summed E-state index contributed by atoms with van der Waals surface area (Å²) in [5.41, 5.74) is 1.52. The number of aliphatic hydroxyl groups excluding tert-OH is 2. The first-order chi connectivity index (χ1) is 10.2. The fourth-order valence-corrected chi connectivity index (χ4v) is 3.73. The van der Waals surface area contributed by atoms with Gasteiger partial charge >= 0.3 is 0 Å². The second-order valence-corrected chi connectivity index (χ2v) is 9.65. The summed E-state index contributed by atoms with van der Waals surface area (Å²) >= 11 is 0.